The maximum atomic E-state index is 13.5. The van der Waals surface area contributed by atoms with Crippen LogP contribution in [0.4, 0.5) is 103 Å². The molecule has 6 N–H and O–H groups in total. The monoisotopic (exact) mass is 2050 g/mol. The van der Waals surface area contributed by atoms with E-state index in [1.165, 1.54) is 49.7 Å². The molecule has 9 aliphatic rings. The first-order chi connectivity index (χ1) is 68.3. The number of aromatic nitrogens is 10. The fourth-order valence-corrected chi connectivity index (χ4v) is 23.6. The van der Waals surface area contributed by atoms with E-state index in [0.717, 1.165) is 250 Å². The van der Waals surface area contributed by atoms with Gasteiger partial charge >= 0.3 is 0 Å². The van der Waals surface area contributed by atoms with Crippen LogP contribution in [0.1, 0.15) is 225 Å². The summed E-state index contributed by atoms with van der Waals surface area (Å²) in [5.74, 6) is -11.3. The normalized spacial score (nSPS) is 18.3. The number of thiazole rings is 5. The topological polar surface area (TPSA) is 439 Å². The van der Waals surface area contributed by atoms with Crippen molar-refractivity contribution in [2.75, 3.05) is 36.4 Å². The van der Waals surface area contributed by atoms with Crippen molar-refractivity contribution in [3.63, 3.8) is 0 Å². The van der Waals surface area contributed by atoms with Crippen LogP contribution in [0.25, 0.3) is 0 Å². The number of benzene rings is 1. The summed E-state index contributed by atoms with van der Waals surface area (Å²) >= 11 is 5.31. The summed E-state index contributed by atoms with van der Waals surface area (Å²) in [6.07, 6.45) is 33.8. The van der Waals surface area contributed by atoms with Crippen LogP contribution in [0, 0.1) is 177 Å². The molecule has 10 aromatic heterocycles. The van der Waals surface area contributed by atoms with E-state index in [0.29, 0.717) is 32.5 Å². The van der Waals surface area contributed by atoms with Crippen molar-refractivity contribution in [3.05, 3.63) is 204 Å². The van der Waals surface area contributed by atoms with Crippen LogP contribution >= 0.6 is 56.7 Å². The van der Waals surface area contributed by atoms with Crippen molar-refractivity contribution < 1.29 is 72.7 Å². The van der Waals surface area contributed by atoms with E-state index >= 15 is 0 Å². The number of hydrogen-bond donors (Lipinski definition) is 6. The van der Waals surface area contributed by atoms with Crippen LogP contribution in [0.15, 0.2) is 84.9 Å². The highest BCUT2D eigenvalue weighted by molar-refractivity contribution is 7.20. The second kappa shape index (κ2) is 42.1. The number of anilines is 11. The van der Waals surface area contributed by atoms with E-state index in [9.17, 15) is 99.0 Å². The van der Waals surface area contributed by atoms with E-state index in [1.54, 1.807) is 33.9 Å². The van der Waals surface area contributed by atoms with Gasteiger partial charge in [0.05, 0.1) is 28.4 Å². The molecule has 0 radical (unpaired) electrons. The Bertz CT molecular complexity index is 6870. The van der Waals surface area contributed by atoms with Crippen molar-refractivity contribution in [2.24, 2.45) is 33.0 Å². The lowest BCUT2D eigenvalue weighted by Gasteiger charge is -2.56. The van der Waals surface area contributed by atoms with Gasteiger partial charge < -0.3 is 31.9 Å². The van der Waals surface area contributed by atoms with E-state index in [1.807, 2.05) is 50.8 Å². The molecule has 47 heteroatoms. The summed E-state index contributed by atoms with van der Waals surface area (Å²) in [4.78, 5) is 118. The molecule has 740 valence electrons. The molecule has 6 amide bonds. The molecule has 32 nitrogen and oxygen atoms in total. The number of carbonyl (C=O) groups is 6. The van der Waals surface area contributed by atoms with E-state index < -0.39 is 65.4 Å². The number of hydrogen-bond acceptors (Lipinski definition) is 31. The van der Waals surface area contributed by atoms with Gasteiger partial charge in [0.25, 0.3) is 29.5 Å². The first-order valence-corrected chi connectivity index (χ1v) is 49.8. The summed E-state index contributed by atoms with van der Waals surface area (Å²) in [6.45, 7) is 11.6. The van der Waals surface area contributed by atoms with Gasteiger partial charge in [0.1, 0.15) is 27.8 Å². The number of nitrogens with zero attached hydrogens (tertiary/aromatic N) is 20. The Morgan fingerprint density at radius 3 is 0.923 bits per heavy atom. The van der Waals surface area contributed by atoms with Gasteiger partial charge in [-0.1, -0.05) is 81.6 Å². The second-order valence-corrected chi connectivity index (χ2v) is 43.1. The molecule has 4 unspecified atom stereocenters. The average Bonchev–Trinajstić information content (AvgIpc) is 1.62. The fraction of sp³-hybridized carbons (Fsp3) is 0.406. The number of rotatable bonds is 25. The number of nitriles is 5. The number of halogens is 10. The average molecular weight is 2050 g/mol. The van der Waals surface area contributed by atoms with Crippen molar-refractivity contribution >= 4 is 152 Å². The minimum Gasteiger partial charge on any atom is -0.350 e. The standard InChI is InChI=1S/C23H19F2N5OS.2C19H19F2N5OS.C18H17F2N5OS.C17H16F2N6O2S/c1-13-20(29-22(32-13)30(12-26)16-8-18(24)28-19(25)9-16)21(31)27-17-6-7-23(17)10-14-4-2-3-5-15(14)11-23;1-11-16(17(27)23-9-19(4-5-19)8-12-2-3-12)25-18(28-11)26(10-22)13-6-14(20)24-15(21)7-13;1-11-16(17(27)23-13-4-7-19(13)5-2-3-6-19)25-18(28-11)26(10-22)12-8-14(20)24-15(21)9-12;1-10-15(16(26)22-12-3-6-18(12)4-2-5-18)24-17(27-10)25(9-21)11-7-13(19)23-14(20)8-11;1-17(2)4-3-10(17)22-14(27)13-15(21-8-26)28-16(24-13)25(7-20)9-5-11(18)23-12(19)6-9/h2-5,8-9,17H,6-7,10-11H2,1H3,(H,27,31);6-7,12H,2-5,8-9H2,1H3,(H,23,27);8-9,13H,2-7H2,1H3,(H,23,27);7-8,12H,2-6H2,1H3,(H,22,26);5-6,8,10H,3-4H2,1-2H3,(H,21,26)(H,22,27). The molecule has 8 fully saturated rings. The molecular formula is C96H90F10N26O6S5. The molecule has 0 aliphatic heterocycles. The van der Waals surface area contributed by atoms with Crippen molar-refractivity contribution in [3.8, 4) is 31.0 Å². The smallest absolute Gasteiger partial charge is 0.273 e. The molecule has 3 spiro atoms. The molecule has 20 rings (SSSR count). The van der Waals surface area contributed by atoms with Gasteiger partial charge in [-0.3, -0.25) is 28.8 Å². The summed E-state index contributed by atoms with van der Waals surface area (Å²) < 4.78 is 134. The lowest BCUT2D eigenvalue weighted by atomic mass is 9.53. The molecule has 0 bridgehead atoms. The SMILES string of the molecule is CC1(C)CCC1NC(=O)c1nc(N(C#N)c2cc(F)nc(F)c2)sc1NC=O.Cc1sc(N(C#N)c2cc(F)nc(F)c2)nc1C(=O)NC1CCC12CCC2.Cc1sc(N(C#N)c2cc(F)nc(F)c2)nc1C(=O)NC1CCC12CCCC2.Cc1sc(N(C#N)c2cc(F)nc(F)c2)nc1C(=O)NC1CCC12Cc1ccccc1C2.Cc1sc(N(C#N)c2cc(F)nc(F)c2)nc1C(=O)NCC1(CC2CC2)CC1. The summed E-state index contributed by atoms with van der Waals surface area (Å²) in [5, 5.41) is 65.6. The molecule has 1 aromatic carbocycles. The Morgan fingerprint density at radius 1 is 0.371 bits per heavy atom. The molecule has 8 saturated carbocycles. The van der Waals surface area contributed by atoms with Crippen LogP contribution in [0.3, 0.4) is 0 Å². The van der Waals surface area contributed by atoms with E-state index in [4.69, 9.17) is 0 Å². The Kier molecular flexibility index (Phi) is 29.9. The van der Waals surface area contributed by atoms with Gasteiger partial charge in [0.2, 0.25) is 91.5 Å². The maximum absolute atomic E-state index is 13.5. The predicted octanol–water partition coefficient (Wildman–Crippen LogP) is 19.4. The highest BCUT2D eigenvalue weighted by atomic mass is 32.1. The molecule has 11 aromatic rings. The van der Waals surface area contributed by atoms with Gasteiger partial charge in [0.15, 0.2) is 36.7 Å². The van der Waals surface area contributed by atoms with Gasteiger partial charge in [-0.05, 0) is 181 Å². The van der Waals surface area contributed by atoms with Crippen LogP contribution in [0.5, 0.6) is 0 Å². The zero-order valence-electron chi connectivity index (χ0n) is 77.5. The first-order valence-electron chi connectivity index (χ1n) is 45.7. The molecule has 4 atom stereocenters. The highest BCUT2D eigenvalue weighted by Crippen LogP contribution is 2.58. The zero-order valence-corrected chi connectivity index (χ0v) is 81.6. The number of pyridine rings is 5. The third kappa shape index (κ3) is 22.5. The van der Waals surface area contributed by atoms with E-state index in [2.05, 4.69) is 93.9 Å². The Hall–Kier alpha value is -14.3. The lowest BCUT2D eigenvalue weighted by Crippen LogP contribution is -2.58. The first kappa shape index (κ1) is 102. The predicted molar refractivity (Wildman–Crippen MR) is 509 cm³/mol. The number of nitrogens with one attached hydrogen (secondary N) is 6. The lowest BCUT2D eigenvalue weighted by molar-refractivity contribution is -0.105. The molecule has 10 heterocycles. The van der Waals surface area contributed by atoms with Gasteiger partial charge in [-0.15, -0.1) is 45.3 Å². The molecule has 143 heavy (non-hydrogen) atoms. The van der Waals surface area contributed by atoms with Gasteiger partial charge in [-0.25, -0.2) is 49.4 Å². The number of fused-ring (bicyclic) bond motifs is 1. The largest absolute Gasteiger partial charge is 0.350 e. The van der Waals surface area contributed by atoms with Gasteiger partial charge in [-0.2, -0.15) is 95.1 Å². The number of carbonyl (C=O) groups excluding carboxylic acids is 6. The fourth-order valence-electron chi connectivity index (χ4n) is 19.2. The maximum Gasteiger partial charge on any atom is 0.273 e. The minimum absolute atomic E-state index is 0.0305. The Labute approximate surface area is 832 Å². The minimum atomic E-state index is -1.11. The van der Waals surface area contributed by atoms with Crippen molar-refractivity contribution in [1.82, 2.24) is 76.4 Å². The van der Waals surface area contributed by atoms with E-state index in [-0.39, 0.29) is 162 Å². The van der Waals surface area contributed by atoms with Crippen LogP contribution in [0.2, 0.25) is 0 Å². The quantitative estimate of drug-likeness (QED) is 0.0102. The third-order valence-corrected chi connectivity index (χ3v) is 32.7. The van der Waals surface area contributed by atoms with Gasteiger partial charge in [0, 0.05) is 111 Å². The zero-order chi connectivity index (χ0) is 102. The Balaban J connectivity index is 0.000000129. The molecule has 0 saturated heterocycles. The molecular weight excluding hydrogens is 1960 g/mol. The summed E-state index contributed by atoms with van der Waals surface area (Å²) in [6, 6.07) is 18.0. The number of amides is 6. The summed E-state index contributed by atoms with van der Waals surface area (Å²) in [5.41, 5.74) is 4.04. The number of aryl methyl sites for hydroxylation is 4. The Morgan fingerprint density at radius 2 is 0.657 bits per heavy atom. The van der Waals surface area contributed by atoms with Crippen LogP contribution < -0.4 is 56.4 Å². The van der Waals surface area contributed by atoms with Crippen molar-refractivity contribution in [2.45, 2.75) is 207 Å². The van der Waals surface area contributed by atoms with Crippen LogP contribution in [-0.2, 0) is 17.6 Å². The van der Waals surface area contributed by atoms with Crippen molar-refractivity contribution in [1.29, 1.82) is 26.3 Å². The summed E-state index contributed by atoms with van der Waals surface area (Å²) in [7, 11) is 0. The molecule has 9 aliphatic carbocycles. The van der Waals surface area contributed by atoms with Crippen LogP contribution in [-0.4, -0.2) is 116 Å². The highest BCUT2D eigenvalue weighted by Gasteiger charge is 2.54. The third-order valence-electron chi connectivity index (χ3n) is 27.9. The second-order valence-electron chi connectivity index (χ2n) is 37.4.